The minimum atomic E-state index is -0.0937. The van der Waals surface area contributed by atoms with Gasteiger partial charge in [0.15, 0.2) is 0 Å². The molecule has 2 amide bonds. The van der Waals surface area contributed by atoms with Gasteiger partial charge in [-0.05, 0) is 43.0 Å². The summed E-state index contributed by atoms with van der Waals surface area (Å²) in [5.41, 5.74) is 1.61. The highest BCUT2D eigenvalue weighted by molar-refractivity contribution is 5.88. The van der Waals surface area contributed by atoms with Crippen molar-refractivity contribution >= 4 is 17.5 Å². The number of benzene rings is 1. The van der Waals surface area contributed by atoms with E-state index in [4.69, 9.17) is 0 Å². The van der Waals surface area contributed by atoms with Crippen molar-refractivity contribution in [1.29, 1.82) is 0 Å². The number of hydrogen-bond donors (Lipinski definition) is 2. The third-order valence-corrected chi connectivity index (χ3v) is 3.76. The third-order valence-electron chi connectivity index (χ3n) is 3.76. The first kappa shape index (κ1) is 16.1. The largest absolute Gasteiger partial charge is 0.345 e. The van der Waals surface area contributed by atoms with Crippen molar-refractivity contribution in [2.24, 2.45) is 5.92 Å². The van der Waals surface area contributed by atoms with Crippen molar-refractivity contribution < 1.29 is 9.59 Å². The summed E-state index contributed by atoms with van der Waals surface area (Å²) in [5.74, 6) is 6.51. The van der Waals surface area contributed by atoms with Gasteiger partial charge in [-0.25, -0.2) is 0 Å². The molecule has 0 spiro atoms. The van der Waals surface area contributed by atoms with E-state index in [9.17, 15) is 9.59 Å². The van der Waals surface area contributed by atoms with Gasteiger partial charge in [0.2, 0.25) is 11.8 Å². The van der Waals surface area contributed by atoms with Gasteiger partial charge in [-0.15, -0.1) is 0 Å². The summed E-state index contributed by atoms with van der Waals surface area (Å²) in [6.45, 7) is 1.85. The second-order valence-electron chi connectivity index (χ2n) is 5.69. The molecule has 0 saturated heterocycles. The number of amides is 2. The lowest BCUT2D eigenvalue weighted by molar-refractivity contribution is -0.121. The first-order chi connectivity index (χ1) is 10.6. The average Bonchev–Trinajstić information content (AvgIpc) is 2.97. The van der Waals surface area contributed by atoms with E-state index >= 15 is 0 Å². The molecular formula is C18H22N2O2. The molecule has 0 bridgehead atoms. The van der Waals surface area contributed by atoms with Crippen molar-refractivity contribution in [2.75, 3.05) is 11.9 Å². The molecule has 0 aliphatic heterocycles. The summed E-state index contributed by atoms with van der Waals surface area (Å²) in [4.78, 5) is 22.7. The van der Waals surface area contributed by atoms with Crippen LogP contribution in [0.2, 0.25) is 0 Å². The van der Waals surface area contributed by atoms with Crippen molar-refractivity contribution in [1.82, 2.24) is 5.32 Å². The Morgan fingerprint density at radius 1 is 1.18 bits per heavy atom. The van der Waals surface area contributed by atoms with E-state index in [-0.39, 0.29) is 11.8 Å². The lowest BCUT2D eigenvalue weighted by Gasteiger charge is -2.07. The zero-order valence-electron chi connectivity index (χ0n) is 12.9. The molecular weight excluding hydrogens is 276 g/mol. The molecule has 1 aromatic rings. The fourth-order valence-corrected chi connectivity index (χ4v) is 2.68. The normalized spacial score (nSPS) is 14.0. The molecule has 1 aliphatic rings. The molecule has 0 unspecified atom stereocenters. The third kappa shape index (κ3) is 5.61. The molecule has 22 heavy (non-hydrogen) atoms. The lowest BCUT2D eigenvalue weighted by Crippen LogP contribution is -2.25. The maximum absolute atomic E-state index is 11.7. The number of anilines is 1. The van der Waals surface area contributed by atoms with Crippen LogP contribution in [0.5, 0.6) is 0 Å². The molecule has 116 valence electrons. The van der Waals surface area contributed by atoms with Gasteiger partial charge < -0.3 is 10.6 Å². The first-order valence-corrected chi connectivity index (χ1v) is 7.77. The van der Waals surface area contributed by atoms with E-state index in [0.29, 0.717) is 18.9 Å². The second kappa shape index (κ2) is 8.23. The second-order valence-corrected chi connectivity index (χ2v) is 5.69. The van der Waals surface area contributed by atoms with Crippen LogP contribution in [0.4, 0.5) is 5.69 Å². The van der Waals surface area contributed by atoms with Gasteiger partial charge in [0, 0.05) is 24.6 Å². The zero-order valence-corrected chi connectivity index (χ0v) is 12.9. The fraction of sp³-hybridized carbons (Fsp3) is 0.444. The quantitative estimate of drug-likeness (QED) is 0.840. The van der Waals surface area contributed by atoms with Gasteiger partial charge in [-0.3, -0.25) is 9.59 Å². The summed E-state index contributed by atoms with van der Waals surface area (Å²) >= 11 is 0. The molecule has 0 radical (unpaired) electrons. The van der Waals surface area contributed by atoms with Gasteiger partial charge in [0.05, 0.1) is 6.54 Å². The van der Waals surface area contributed by atoms with Gasteiger partial charge in [0.1, 0.15) is 0 Å². The van der Waals surface area contributed by atoms with Crippen LogP contribution in [-0.2, 0) is 9.59 Å². The van der Waals surface area contributed by atoms with E-state index in [1.807, 2.05) is 24.3 Å². The topological polar surface area (TPSA) is 58.2 Å². The molecule has 4 nitrogen and oxygen atoms in total. The molecule has 1 fully saturated rings. The molecule has 1 saturated carbocycles. The van der Waals surface area contributed by atoms with Gasteiger partial charge in [0.25, 0.3) is 0 Å². The Morgan fingerprint density at radius 2 is 1.86 bits per heavy atom. The number of carbonyl (C=O) groups excluding carboxylic acids is 2. The molecule has 2 rings (SSSR count). The average molecular weight is 298 g/mol. The zero-order chi connectivity index (χ0) is 15.8. The Hall–Kier alpha value is -2.28. The number of nitrogens with one attached hydrogen (secondary N) is 2. The van der Waals surface area contributed by atoms with Crippen molar-refractivity contribution in [3.8, 4) is 11.8 Å². The van der Waals surface area contributed by atoms with Gasteiger partial charge >= 0.3 is 0 Å². The van der Waals surface area contributed by atoms with Crippen LogP contribution in [0.1, 0.15) is 44.6 Å². The summed E-state index contributed by atoms with van der Waals surface area (Å²) in [7, 11) is 0. The molecule has 0 heterocycles. The van der Waals surface area contributed by atoms with E-state index in [2.05, 4.69) is 22.5 Å². The van der Waals surface area contributed by atoms with Crippen LogP contribution < -0.4 is 10.6 Å². The van der Waals surface area contributed by atoms with Crippen LogP contribution in [0.15, 0.2) is 24.3 Å². The Kier molecular flexibility index (Phi) is 6.02. The van der Waals surface area contributed by atoms with Crippen LogP contribution in [0, 0.1) is 17.8 Å². The predicted molar refractivity (Wildman–Crippen MR) is 87.2 cm³/mol. The Labute approximate surface area is 131 Å². The van der Waals surface area contributed by atoms with Crippen molar-refractivity contribution in [2.45, 2.75) is 39.0 Å². The smallest absolute Gasteiger partial charge is 0.221 e. The Morgan fingerprint density at radius 3 is 2.50 bits per heavy atom. The van der Waals surface area contributed by atoms with E-state index in [1.54, 1.807) is 0 Å². The molecule has 1 aromatic carbocycles. The fourth-order valence-electron chi connectivity index (χ4n) is 2.68. The van der Waals surface area contributed by atoms with Crippen LogP contribution >= 0.6 is 0 Å². The predicted octanol–water partition coefficient (Wildman–Crippen LogP) is 2.69. The van der Waals surface area contributed by atoms with Crippen molar-refractivity contribution in [3.05, 3.63) is 29.8 Å². The first-order valence-electron chi connectivity index (χ1n) is 7.77. The highest BCUT2D eigenvalue weighted by Gasteiger charge is 2.17. The summed E-state index contributed by atoms with van der Waals surface area (Å²) in [5, 5.41) is 5.55. The van der Waals surface area contributed by atoms with Crippen LogP contribution in [0.25, 0.3) is 0 Å². The maximum Gasteiger partial charge on any atom is 0.221 e. The minimum absolute atomic E-state index is 0.0937. The van der Waals surface area contributed by atoms with E-state index in [0.717, 1.165) is 11.3 Å². The molecule has 0 aromatic heterocycles. The summed E-state index contributed by atoms with van der Waals surface area (Å²) in [6, 6.07) is 7.31. The van der Waals surface area contributed by atoms with Crippen molar-refractivity contribution in [3.63, 3.8) is 0 Å². The number of hydrogen-bond acceptors (Lipinski definition) is 2. The molecule has 4 heteroatoms. The number of carbonyl (C=O) groups is 2. The molecule has 0 atom stereocenters. The van der Waals surface area contributed by atoms with Crippen LogP contribution in [-0.4, -0.2) is 18.4 Å². The van der Waals surface area contributed by atoms with E-state index in [1.165, 1.54) is 32.6 Å². The molecule has 1 aliphatic carbocycles. The maximum atomic E-state index is 11.7. The standard InChI is InChI=1S/C18H22N2O2/c1-14(21)20-17-10-8-15(9-11-17)7-4-12-19-18(22)13-16-5-2-3-6-16/h8-11,16H,2-3,5-6,12-13H2,1H3,(H,19,22)(H,20,21). The summed E-state index contributed by atoms with van der Waals surface area (Å²) in [6.07, 6.45) is 5.51. The highest BCUT2D eigenvalue weighted by Crippen LogP contribution is 2.27. The summed E-state index contributed by atoms with van der Waals surface area (Å²) < 4.78 is 0. The number of rotatable bonds is 4. The lowest BCUT2D eigenvalue weighted by atomic mass is 10.0. The Balaban J connectivity index is 1.73. The van der Waals surface area contributed by atoms with Gasteiger partial charge in [-0.1, -0.05) is 24.7 Å². The molecule has 2 N–H and O–H groups in total. The monoisotopic (exact) mass is 298 g/mol. The minimum Gasteiger partial charge on any atom is -0.345 e. The van der Waals surface area contributed by atoms with Gasteiger partial charge in [-0.2, -0.15) is 0 Å². The SMILES string of the molecule is CC(=O)Nc1ccc(C#CCNC(=O)CC2CCCC2)cc1. The van der Waals surface area contributed by atoms with E-state index < -0.39 is 0 Å². The highest BCUT2D eigenvalue weighted by atomic mass is 16.2. The Bertz CT molecular complexity index is 575. The van der Waals surface area contributed by atoms with Crippen LogP contribution in [0.3, 0.4) is 0 Å².